The lowest BCUT2D eigenvalue weighted by Crippen LogP contribution is -2.62. The molecule has 46 heavy (non-hydrogen) atoms. The fraction of sp³-hybridized carbons (Fsp3) is 0.543. The number of nitrogens with zero attached hydrogens (tertiary/aromatic N) is 3. The maximum Gasteiger partial charge on any atom is 0.290 e. The topological polar surface area (TPSA) is 143 Å². The van der Waals surface area contributed by atoms with Crippen LogP contribution in [0.5, 0.6) is 0 Å². The Morgan fingerprint density at radius 1 is 0.696 bits per heavy atom. The van der Waals surface area contributed by atoms with Gasteiger partial charge in [0.25, 0.3) is 11.8 Å². The number of hydrogen-bond acceptors (Lipinski definition) is 9. The number of likely N-dealkylation sites (tertiary alicyclic amines) is 2. The quantitative estimate of drug-likeness (QED) is 0.470. The summed E-state index contributed by atoms with van der Waals surface area (Å²) in [5, 5.41) is 7.00. The molecule has 0 bridgehead atoms. The van der Waals surface area contributed by atoms with Crippen LogP contribution in [0.15, 0.2) is 60.7 Å². The third kappa shape index (κ3) is 8.86. The van der Waals surface area contributed by atoms with Gasteiger partial charge in [-0.3, -0.25) is 19.2 Å². The van der Waals surface area contributed by atoms with E-state index in [1.54, 1.807) is 9.80 Å². The molecule has 3 N–H and O–H groups in total. The minimum atomic E-state index is -0.409. The van der Waals surface area contributed by atoms with Gasteiger partial charge < -0.3 is 35.0 Å². The van der Waals surface area contributed by atoms with Gasteiger partial charge in [0.05, 0.1) is 38.5 Å². The second kappa shape index (κ2) is 18.0. The van der Waals surface area contributed by atoms with Crippen LogP contribution in [0.1, 0.15) is 38.8 Å². The second-order valence-electron chi connectivity index (χ2n) is 11.8. The van der Waals surface area contributed by atoms with Crippen molar-refractivity contribution in [2.75, 3.05) is 47.6 Å². The Labute approximate surface area is 273 Å². The first-order valence-electron chi connectivity index (χ1n) is 15.0. The van der Waals surface area contributed by atoms with Gasteiger partial charge in [-0.1, -0.05) is 75.5 Å². The number of piperidine rings is 2. The fourth-order valence-corrected chi connectivity index (χ4v) is 6.57. The molecule has 0 spiro atoms. The van der Waals surface area contributed by atoms with E-state index in [0.717, 1.165) is 18.2 Å². The summed E-state index contributed by atoms with van der Waals surface area (Å²) >= 11 is 0. The van der Waals surface area contributed by atoms with Gasteiger partial charge in [0.2, 0.25) is 11.6 Å². The zero-order valence-electron chi connectivity index (χ0n) is 25.7. The molecule has 0 aromatic heterocycles. The molecule has 4 saturated heterocycles. The number of hydrogen-bond donors (Lipinski definition) is 2. The largest absolute Gasteiger partial charge is 0.400 e. The zero-order chi connectivity index (χ0) is 31.8. The van der Waals surface area contributed by atoms with E-state index in [9.17, 15) is 19.2 Å². The molecule has 6 rings (SSSR count). The lowest BCUT2D eigenvalue weighted by atomic mass is 9.80. The molecule has 0 aliphatic carbocycles. The Kier molecular flexibility index (Phi) is 15.2. The third-order valence-corrected chi connectivity index (χ3v) is 8.91. The molecule has 0 radical (unpaired) electrons. The maximum atomic E-state index is 12.4. The van der Waals surface area contributed by atoms with Gasteiger partial charge in [-0.2, -0.15) is 0 Å². The molecule has 4 aliphatic heterocycles. The molecule has 254 valence electrons. The number of likely N-dealkylation sites (N-methyl/N-ethyl adjacent to an activating group) is 1. The van der Waals surface area contributed by atoms with E-state index in [2.05, 4.69) is 4.90 Å². The van der Waals surface area contributed by atoms with Gasteiger partial charge in [-0.25, -0.2) is 0 Å². The Bertz CT molecular complexity index is 1280. The summed E-state index contributed by atoms with van der Waals surface area (Å²) < 4.78 is 11.2. The molecule has 2 amide bonds. The van der Waals surface area contributed by atoms with E-state index in [-0.39, 0.29) is 74.8 Å². The molecule has 11 nitrogen and oxygen atoms in total. The Balaban J connectivity index is 0.000000293. The molecule has 0 saturated carbocycles. The van der Waals surface area contributed by atoms with Crippen LogP contribution in [0.3, 0.4) is 0 Å². The average Bonchev–Trinajstić information content (AvgIpc) is 3.04. The monoisotopic (exact) mass is 640 g/mol. The molecule has 2 aromatic rings. The molecular formula is C35H52N4O7. The number of aliphatic hydroxyl groups is 1. The van der Waals surface area contributed by atoms with Crippen molar-refractivity contribution in [1.29, 1.82) is 0 Å². The van der Waals surface area contributed by atoms with E-state index in [1.165, 1.54) is 0 Å². The van der Waals surface area contributed by atoms with Gasteiger partial charge in [0.15, 0.2) is 0 Å². The van der Waals surface area contributed by atoms with Gasteiger partial charge in [-0.05, 0) is 25.2 Å². The van der Waals surface area contributed by atoms with Crippen molar-refractivity contribution in [3.63, 3.8) is 0 Å². The highest BCUT2D eigenvalue weighted by atomic mass is 16.5. The predicted octanol–water partition coefficient (Wildman–Crippen LogP) is 2.14. The second-order valence-corrected chi connectivity index (χ2v) is 11.8. The minimum absolute atomic E-state index is 0. The predicted molar refractivity (Wildman–Crippen MR) is 176 cm³/mol. The van der Waals surface area contributed by atoms with E-state index < -0.39 is 5.91 Å². The molecule has 6 atom stereocenters. The number of benzene rings is 2. The summed E-state index contributed by atoms with van der Waals surface area (Å²) in [5.41, 5.74) is 8.08. The number of fused-ring (bicyclic) bond motifs is 2. The SMILES string of the molecule is C.C.CN(C)[C@H]1COC[C@@H]2[C@@H]1CC(=O)C(=O)N2Cc1ccccc1.CO.N[C@H]1COC[C@@H]2[C@@H]1CC(=O)C(=O)N2Cc1ccccc1. The summed E-state index contributed by atoms with van der Waals surface area (Å²) in [6, 6.07) is 19.4. The molecule has 0 unspecified atom stereocenters. The summed E-state index contributed by atoms with van der Waals surface area (Å²) in [7, 11) is 5.00. The average molecular weight is 641 g/mol. The minimum Gasteiger partial charge on any atom is -0.400 e. The number of aliphatic hydroxyl groups excluding tert-OH is 1. The van der Waals surface area contributed by atoms with Crippen molar-refractivity contribution >= 4 is 23.4 Å². The molecule has 4 aliphatic rings. The third-order valence-electron chi connectivity index (χ3n) is 8.91. The summed E-state index contributed by atoms with van der Waals surface area (Å²) in [6.07, 6.45) is 0.584. The van der Waals surface area contributed by atoms with Crippen LogP contribution in [-0.2, 0) is 41.7 Å². The molecule has 4 heterocycles. The number of Topliss-reactive ketones (excluding diaryl/α,β-unsaturated/α-hetero) is 2. The Morgan fingerprint density at radius 2 is 1.11 bits per heavy atom. The molecule has 2 aromatic carbocycles. The van der Waals surface area contributed by atoms with Crippen LogP contribution in [0, 0.1) is 11.8 Å². The fourth-order valence-electron chi connectivity index (χ4n) is 6.57. The van der Waals surface area contributed by atoms with Gasteiger partial charge in [0.1, 0.15) is 0 Å². The van der Waals surface area contributed by atoms with Crippen molar-refractivity contribution < 1.29 is 33.8 Å². The number of nitrogens with two attached hydrogens (primary N) is 1. The first-order chi connectivity index (χ1) is 21.2. The van der Waals surface area contributed by atoms with Crippen LogP contribution in [0.4, 0.5) is 0 Å². The van der Waals surface area contributed by atoms with Crippen LogP contribution in [0.25, 0.3) is 0 Å². The van der Waals surface area contributed by atoms with Crippen molar-refractivity contribution in [1.82, 2.24) is 14.7 Å². The Hall–Kier alpha value is -3.48. The van der Waals surface area contributed by atoms with Crippen molar-refractivity contribution in [2.45, 2.75) is 65.0 Å². The molecule has 11 heteroatoms. The number of amides is 2. The van der Waals surface area contributed by atoms with Crippen LogP contribution >= 0.6 is 0 Å². The highest BCUT2D eigenvalue weighted by molar-refractivity contribution is 6.37. The lowest BCUT2D eigenvalue weighted by molar-refractivity contribution is -0.161. The van der Waals surface area contributed by atoms with E-state index in [1.807, 2.05) is 74.8 Å². The van der Waals surface area contributed by atoms with E-state index in [4.69, 9.17) is 20.3 Å². The molecular weight excluding hydrogens is 588 g/mol. The number of carbonyl (C=O) groups is 4. The highest BCUT2D eigenvalue weighted by Crippen LogP contribution is 2.32. The van der Waals surface area contributed by atoms with Gasteiger partial charge >= 0.3 is 0 Å². The number of ether oxygens (including phenoxy) is 2. The normalized spacial score (nSPS) is 27.1. The van der Waals surface area contributed by atoms with Crippen LogP contribution in [-0.4, -0.2) is 115 Å². The summed E-state index contributed by atoms with van der Waals surface area (Å²) in [5.74, 6) is -1.22. The number of carbonyl (C=O) groups excluding carboxylic acids is 4. The maximum absolute atomic E-state index is 12.4. The Morgan fingerprint density at radius 3 is 1.57 bits per heavy atom. The number of rotatable bonds is 5. The summed E-state index contributed by atoms with van der Waals surface area (Å²) in [4.78, 5) is 54.1. The molecule has 4 fully saturated rings. The highest BCUT2D eigenvalue weighted by Gasteiger charge is 2.47. The standard InChI is InChI=1S/C17H22N2O3.C15H18N2O3.CH4O.2CH4/c1-18(2)14-10-22-11-15-13(14)8-16(20)17(21)19(15)9-12-6-4-3-5-7-12;16-12-8-20-9-13-11(12)6-14(18)15(19)17(13)7-10-4-2-1-3-5-10;1-2;;/h3-7,13-15H,8-11H2,1-2H3;1-5,11-13H,6-9,16H2;2H,1H3;2*1H4/t13-,14+,15-;11-,12+,13-;;;/m11.../s1. The van der Waals surface area contributed by atoms with E-state index in [0.29, 0.717) is 45.9 Å². The van der Waals surface area contributed by atoms with Crippen molar-refractivity contribution in [3.8, 4) is 0 Å². The van der Waals surface area contributed by atoms with Crippen LogP contribution in [0.2, 0.25) is 0 Å². The summed E-state index contributed by atoms with van der Waals surface area (Å²) in [6.45, 7) is 2.96. The van der Waals surface area contributed by atoms with E-state index >= 15 is 0 Å². The number of ketones is 2. The van der Waals surface area contributed by atoms with Crippen molar-refractivity contribution in [3.05, 3.63) is 71.8 Å². The van der Waals surface area contributed by atoms with Crippen LogP contribution < -0.4 is 5.73 Å². The first kappa shape index (κ1) is 38.7. The zero-order valence-corrected chi connectivity index (χ0v) is 25.7. The van der Waals surface area contributed by atoms with Gasteiger partial charge in [0, 0.05) is 57.0 Å². The first-order valence-corrected chi connectivity index (χ1v) is 15.0. The lowest BCUT2D eigenvalue weighted by Gasteiger charge is -2.48. The van der Waals surface area contributed by atoms with Crippen molar-refractivity contribution in [2.24, 2.45) is 17.6 Å². The smallest absolute Gasteiger partial charge is 0.290 e. The van der Waals surface area contributed by atoms with Gasteiger partial charge in [-0.15, -0.1) is 0 Å².